The zero-order chi connectivity index (χ0) is 18.5. The topological polar surface area (TPSA) is 75.4 Å². The number of fused-ring (bicyclic) bond motifs is 1. The van der Waals surface area contributed by atoms with Crippen molar-refractivity contribution in [3.63, 3.8) is 0 Å². The smallest absolute Gasteiger partial charge is 0.259 e. The molecule has 7 heteroatoms. The Kier molecular flexibility index (Phi) is 3.97. The molecule has 2 aromatic rings. The summed E-state index contributed by atoms with van der Waals surface area (Å²) in [5, 5.41) is 3.72. The third-order valence-electron chi connectivity index (χ3n) is 5.50. The third kappa shape index (κ3) is 2.95. The van der Waals surface area contributed by atoms with Crippen LogP contribution in [0.15, 0.2) is 23.1 Å². The van der Waals surface area contributed by atoms with Gasteiger partial charge < -0.3 is 14.3 Å². The summed E-state index contributed by atoms with van der Waals surface area (Å²) in [6, 6.07) is 2.10. The van der Waals surface area contributed by atoms with Crippen LogP contribution in [0.5, 0.6) is 0 Å². The van der Waals surface area contributed by atoms with Crippen LogP contribution in [-0.4, -0.2) is 52.1 Å². The number of nitrogens with zero attached hydrogens (tertiary/aromatic N) is 5. The van der Waals surface area contributed by atoms with Gasteiger partial charge in [-0.25, -0.2) is 9.97 Å². The molecule has 26 heavy (non-hydrogen) atoms. The summed E-state index contributed by atoms with van der Waals surface area (Å²) < 4.78 is 5.03. The molecule has 2 aliphatic rings. The number of carbonyl (C=O) groups excluding carboxylic acids is 1. The molecule has 2 atom stereocenters. The Morgan fingerprint density at radius 2 is 1.85 bits per heavy atom. The first-order chi connectivity index (χ1) is 12.3. The van der Waals surface area contributed by atoms with E-state index in [1.54, 1.807) is 13.3 Å². The van der Waals surface area contributed by atoms with Gasteiger partial charge in [0.1, 0.15) is 23.5 Å². The van der Waals surface area contributed by atoms with Gasteiger partial charge in [-0.15, -0.1) is 0 Å². The van der Waals surface area contributed by atoms with Crippen LogP contribution in [-0.2, 0) is 5.41 Å². The Morgan fingerprint density at radius 3 is 2.42 bits per heavy atom. The first kappa shape index (κ1) is 17.0. The quantitative estimate of drug-likeness (QED) is 0.823. The standard InChI is InChI=1S/C19H25N5O2/c1-12-15(6-22-26-12)18(25)24-9-13-7-23(8-14(13)10-24)17-5-16(19(2,3)4)20-11-21-17/h5-6,11,13-14H,7-10H2,1-4H3. The van der Waals surface area contributed by atoms with Gasteiger partial charge in [-0.3, -0.25) is 4.79 Å². The summed E-state index contributed by atoms with van der Waals surface area (Å²) in [4.78, 5) is 25.8. The first-order valence-corrected chi connectivity index (χ1v) is 9.11. The van der Waals surface area contributed by atoms with Gasteiger partial charge in [-0.2, -0.15) is 0 Å². The molecule has 2 fully saturated rings. The lowest BCUT2D eigenvalue weighted by Crippen LogP contribution is -2.33. The van der Waals surface area contributed by atoms with Gasteiger partial charge in [-0.1, -0.05) is 25.9 Å². The van der Waals surface area contributed by atoms with Crippen molar-refractivity contribution in [3.05, 3.63) is 35.6 Å². The number of hydrogen-bond acceptors (Lipinski definition) is 6. The fourth-order valence-corrected chi connectivity index (χ4v) is 3.95. The van der Waals surface area contributed by atoms with Gasteiger partial charge in [0, 0.05) is 49.5 Å². The monoisotopic (exact) mass is 355 g/mol. The highest BCUT2D eigenvalue weighted by molar-refractivity contribution is 5.95. The maximum Gasteiger partial charge on any atom is 0.259 e. The number of aryl methyl sites for hydroxylation is 1. The van der Waals surface area contributed by atoms with Gasteiger partial charge in [0.2, 0.25) is 0 Å². The van der Waals surface area contributed by atoms with Crippen LogP contribution >= 0.6 is 0 Å². The largest absolute Gasteiger partial charge is 0.361 e. The maximum absolute atomic E-state index is 12.7. The van der Waals surface area contributed by atoms with E-state index in [2.05, 4.69) is 46.9 Å². The van der Waals surface area contributed by atoms with E-state index in [1.807, 2.05) is 4.90 Å². The molecule has 0 radical (unpaired) electrons. The van der Waals surface area contributed by atoms with E-state index in [9.17, 15) is 4.79 Å². The SMILES string of the molecule is Cc1oncc1C(=O)N1CC2CN(c3cc(C(C)(C)C)ncn3)CC2C1. The minimum absolute atomic E-state index is 0.00694. The van der Waals surface area contributed by atoms with Gasteiger partial charge in [0.05, 0.1) is 11.9 Å². The van der Waals surface area contributed by atoms with E-state index < -0.39 is 0 Å². The molecular formula is C19H25N5O2. The summed E-state index contributed by atoms with van der Waals surface area (Å²) in [5.41, 5.74) is 1.64. The number of anilines is 1. The molecule has 138 valence electrons. The average molecular weight is 355 g/mol. The molecule has 2 aliphatic heterocycles. The predicted molar refractivity (Wildman–Crippen MR) is 97.1 cm³/mol. The Hall–Kier alpha value is -2.44. The molecule has 0 saturated carbocycles. The van der Waals surface area contributed by atoms with Crippen molar-refractivity contribution in [3.8, 4) is 0 Å². The van der Waals surface area contributed by atoms with Crippen molar-refractivity contribution in [2.24, 2.45) is 11.8 Å². The Balaban J connectivity index is 1.44. The molecule has 0 N–H and O–H groups in total. The highest BCUT2D eigenvalue weighted by atomic mass is 16.5. The fraction of sp³-hybridized carbons (Fsp3) is 0.579. The highest BCUT2D eigenvalue weighted by Crippen LogP contribution is 2.34. The van der Waals surface area contributed by atoms with Crippen molar-refractivity contribution < 1.29 is 9.32 Å². The van der Waals surface area contributed by atoms with Crippen molar-refractivity contribution >= 4 is 11.7 Å². The van der Waals surface area contributed by atoms with Crippen LogP contribution in [0.2, 0.25) is 0 Å². The van der Waals surface area contributed by atoms with Crippen LogP contribution in [0.1, 0.15) is 42.6 Å². The molecule has 4 heterocycles. The molecule has 2 unspecified atom stereocenters. The van der Waals surface area contributed by atoms with E-state index in [0.717, 1.165) is 37.7 Å². The average Bonchev–Trinajstić information content (AvgIpc) is 3.27. The lowest BCUT2D eigenvalue weighted by Gasteiger charge is -2.24. The summed E-state index contributed by atoms with van der Waals surface area (Å²) in [6.07, 6.45) is 3.18. The molecule has 1 amide bonds. The molecule has 0 spiro atoms. The van der Waals surface area contributed by atoms with Crippen LogP contribution in [0.3, 0.4) is 0 Å². The summed E-state index contributed by atoms with van der Waals surface area (Å²) >= 11 is 0. The third-order valence-corrected chi connectivity index (χ3v) is 5.50. The number of amides is 1. The molecular weight excluding hydrogens is 330 g/mol. The Bertz CT molecular complexity index is 811. The lowest BCUT2D eigenvalue weighted by atomic mass is 9.92. The first-order valence-electron chi connectivity index (χ1n) is 9.11. The molecule has 0 aromatic carbocycles. The van der Waals surface area contributed by atoms with E-state index >= 15 is 0 Å². The van der Waals surface area contributed by atoms with Crippen LogP contribution < -0.4 is 4.90 Å². The van der Waals surface area contributed by atoms with E-state index in [1.165, 1.54) is 6.20 Å². The maximum atomic E-state index is 12.7. The number of aromatic nitrogens is 3. The number of likely N-dealkylation sites (tertiary alicyclic amines) is 1. The van der Waals surface area contributed by atoms with Crippen LogP contribution in [0.25, 0.3) is 0 Å². The zero-order valence-corrected chi connectivity index (χ0v) is 15.8. The summed E-state index contributed by atoms with van der Waals surface area (Å²) in [5.74, 6) is 2.57. The zero-order valence-electron chi connectivity index (χ0n) is 15.8. The van der Waals surface area contributed by atoms with Gasteiger partial charge in [-0.05, 0) is 6.92 Å². The minimum Gasteiger partial charge on any atom is -0.361 e. The van der Waals surface area contributed by atoms with E-state index in [-0.39, 0.29) is 11.3 Å². The van der Waals surface area contributed by atoms with Gasteiger partial charge in [0.15, 0.2) is 0 Å². The Morgan fingerprint density at radius 1 is 1.15 bits per heavy atom. The van der Waals surface area contributed by atoms with Gasteiger partial charge in [0.25, 0.3) is 5.91 Å². The summed E-state index contributed by atoms with van der Waals surface area (Å²) in [6.45, 7) is 11.7. The number of carbonyl (C=O) groups is 1. The predicted octanol–water partition coefficient (Wildman–Crippen LogP) is 2.28. The second kappa shape index (κ2) is 6.07. The normalized spacial score (nSPS) is 22.8. The summed E-state index contributed by atoms with van der Waals surface area (Å²) in [7, 11) is 0. The molecule has 0 bridgehead atoms. The molecule has 4 rings (SSSR count). The van der Waals surface area contributed by atoms with Crippen LogP contribution in [0.4, 0.5) is 5.82 Å². The fourth-order valence-electron chi connectivity index (χ4n) is 3.95. The molecule has 2 saturated heterocycles. The molecule has 2 aromatic heterocycles. The van der Waals surface area contributed by atoms with E-state index in [4.69, 9.17) is 4.52 Å². The van der Waals surface area contributed by atoms with Crippen molar-refractivity contribution in [1.29, 1.82) is 0 Å². The number of rotatable bonds is 2. The lowest BCUT2D eigenvalue weighted by molar-refractivity contribution is 0.0781. The van der Waals surface area contributed by atoms with Crippen molar-refractivity contribution in [2.75, 3.05) is 31.1 Å². The number of hydrogen-bond donors (Lipinski definition) is 0. The second-order valence-electron chi connectivity index (χ2n) is 8.44. The van der Waals surface area contributed by atoms with Gasteiger partial charge >= 0.3 is 0 Å². The van der Waals surface area contributed by atoms with E-state index in [0.29, 0.717) is 23.2 Å². The molecule has 7 nitrogen and oxygen atoms in total. The van der Waals surface area contributed by atoms with Crippen molar-refractivity contribution in [1.82, 2.24) is 20.0 Å². The minimum atomic E-state index is 0.00694. The Labute approximate surface area is 153 Å². The second-order valence-corrected chi connectivity index (χ2v) is 8.44. The van der Waals surface area contributed by atoms with Crippen LogP contribution in [0, 0.1) is 18.8 Å². The molecule has 0 aliphatic carbocycles. The highest BCUT2D eigenvalue weighted by Gasteiger charge is 2.42. The van der Waals surface area contributed by atoms with Crippen molar-refractivity contribution in [2.45, 2.75) is 33.1 Å².